The molecule has 0 aliphatic carbocycles. The number of para-hydroxylation sites is 2. The zero-order valence-electron chi connectivity index (χ0n) is 12.2. The number of nitrogens with zero attached hydrogens (tertiary/aromatic N) is 2. The highest BCUT2D eigenvalue weighted by atomic mass is 79.9. The third-order valence-corrected chi connectivity index (χ3v) is 7.44. The van der Waals surface area contributed by atoms with Crippen LogP contribution in [0, 0.1) is 0 Å². The molecule has 0 saturated carbocycles. The van der Waals surface area contributed by atoms with Gasteiger partial charge in [-0.25, -0.2) is 9.97 Å². The molecule has 0 bridgehead atoms. The summed E-state index contributed by atoms with van der Waals surface area (Å²) in [6.07, 6.45) is 0. The number of aromatic nitrogens is 2. The van der Waals surface area contributed by atoms with Crippen LogP contribution in [0.1, 0.15) is 0 Å². The van der Waals surface area contributed by atoms with E-state index in [-0.39, 0.29) is 0 Å². The fraction of sp³-hybridized carbons (Fsp3) is 0. The van der Waals surface area contributed by atoms with Gasteiger partial charge >= 0.3 is 0 Å². The predicted molar refractivity (Wildman–Crippen MR) is 111 cm³/mol. The van der Waals surface area contributed by atoms with Crippen molar-refractivity contribution < 1.29 is 0 Å². The smallest absolute Gasteiger partial charge is 0.122 e. The Balaban J connectivity index is 1.65. The SMILES string of the molecule is Brc1cc2ccccc2nc1SSc1nc2ccccc2cc1Br. The Bertz CT molecular complexity index is 968. The lowest BCUT2D eigenvalue weighted by Crippen LogP contribution is -1.86. The van der Waals surface area contributed by atoms with E-state index in [1.807, 2.05) is 36.4 Å². The van der Waals surface area contributed by atoms with Crippen LogP contribution in [-0.4, -0.2) is 9.97 Å². The van der Waals surface area contributed by atoms with Crippen molar-refractivity contribution in [1.29, 1.82) is 0 Å². The van der Waals surface area contributed by atoms with Crippen molar-refractivity contribution in [3.63, 3.8) is 0 Å². The molecule has 0 amide bonds. The summed E-state index contributed by atoms with van der Waals surface area (Å²) in [4.78, 5) is 9.47. The highest BCUT2D eigenvalue weighted by Gasteiger charge is 2.10. The molecule has 0 fully saturated rings. The second-order valence-corrected chi connectivity index (χ2v) is 8.92. The number of hydrogen-bond donors (Lipinski definition) is 0. The average molecular weight is 478 g/mol. The summed E-state index contributed by atoms with van der Waals surface area (Å²) in [6, 6.07) is 20.5. The van der Waals surface area contributed by atoms with Crippen molar-refractivity contribution in [1.82, 2.24) is 9.97 Å². The summed E-state index contributed by atoms with van der Waals surface area (Å²) >= 11 is 7.24. The van der Waals surface area contributed by atoms with Crippen molar-refractivity contribution in [2.45, 2.75) is 10.1 Å². The second-order valence-electron chi connectivity index (χ2n) is 5.10. The Morgan fingerprint density at radius 3 is 1.50 bits per heavy atom. The maximum absolute atomic E-state index is 4.73. The van der Waals surface area contributed by atoms with Crippen LogP contribution in [0.25, 0.3) is 21.8 Å². The first kappa shape index (κ1) is 16.4. The van der Waals surface area contributed by atoms with Gasteiger partial charge in [0.05, 0.1) is 20.0 Å². The minimum Gasteiger partial charge on any atom is -0.239 e. The lowest BCUT2D eigenvalue weighted by Gasteiger charge is -2.07. The fourth-order valence-electron chi connectivity index (χ4n) is 2.34. The first-order chi connectivity index (χ1) is 11.7. The first-order valence-electron chi connectivity index (χ1n) is 7.16. The lowest BCUT2D eigenvalue weighted by molar-refractivity contribution is 1.16. The number of halogens is 2. The zero-order valence-corrected chi connectivity index (χ0v) is 17.0. The normalized spacial score (nSPS) is 11.2. The Labute approximate surface area is 164 Å². The molecule has 4 aromatic rings. The van der Waals surface area contributed by atoms with Crippen LogP contribution in [0.5, 0.6) is 0 Å². The molecule has 2 heterocycles. The topological polar surface area (TPSA) is 25.8 Å². The number of pyridine rings is 2. The standard InChI is InChI=1S/C18H10Br2N2S2/c19-13-9-11-5-1-3-7-15(11)21-17(13)23-24-18-14(20)10-12-6-2-4-8-16(12)22-18/h1-10H. The van der Waals surface area contributed by atoms with Gasteiger partial charge in [0.1, 0.15) is 10.1 Å². The first-order valence-corrected chi connectivity index (χ1v) is 10.9. The van der Waals surface area contributed by atoms with Crippen molar-refractivity contribution in [3.05, 3.63) is 69.6 Å². The molecular weight excluding hydrogens is 468 g/mol. The molecule has 0 saturated heterocycles. The van der Waals surface area contributed by atoms with Crippen LogP contribution in [0.2, 0.25) is 0 Å². The summed E-state index contributed by atoms with van der Waals surface area (Å²) in [5.41, 5.74) is 1.99. The molecule has 2 aromatic heterocycles. The van der Waals surface area contributed by atoms with Crippen LogP contribution in [0.3, 0.4) is 0 Å². The monoisotopic (exact) mass is 476 g/mol. The maximum Gasteiger partial charge on any atom is 0.122 e. The van der Waals surface area contributed by atoms with E-state index in [9.17, 15) is 0 Å². The van der Waals surface area contributed by atoms with Gasteiger partial charge in [-0.15, -0.1) is 0 Å². The van der Waals surface area contributed by atoms with E-state index in [4.69, 9.17) is 9.97 Å². The van der Waals surface area contributed by atoms with Crippen LogP contribution < -0.4 is 0 Å². The third kappa shape index (κ3) is 3.33. The Hall–Kier alpha value is -1.08. The van der Waals surface area contributed by atoms with Crippen LogP contribution in [0.4, 0.5) is 0 Å². The van der Waals surface area contributed by atoms with Crippen LogP contribution in [0.15, 0.2) is 79.7 Å². The van der Waals surface area contributed by atoms with Gasteiger partial charge < -0.3 is 0 Å². The second kappa shape index (κ2) is 7.04. The van der Waals surface area contributed by atoms with Crippen LogP contribution >= 0.6 is 53.4 Å². The predicted octanol–water partition coefficient (Wildman–Crippen LogP) is 7.11. The Morgan fingerprint density at radius 1 is 0.625 bits per heavy atom. The van der Waals surface area contributed by atoms with Gasteiger partial charge in [-0.1, -0.05) is 36.4 Å². The van der Waals surface area contributed by atoms with Gasteiger partial charge in [0.2, 0.25) is 0 Å². The third-order valence-electron chi connectivity index (χ3n) is 3.49. The molecule has 0 N–H and O–H groups in total. The van der Waals surface area contributed by atoms with Gasteiger partial charge in [-0.05, 0) is 77.7 Å². The van der Waals surface area contributed by atoms with E-state index in [0.717, 1.165) is 40.8 Å². The molecule has 0 unspecified atom stereocenters. The molecule has 24 heavy (non-hydrogen) atoms. The molecule has 118 valence electrons. The summed E-state index contributed by atoms with van der Waals surface area (Å²) in [5.74, 6) is 0. The van der Waals surface area contributed by atoms with Gasteiger partial charge in [-0.3, -0.25) is 0 Å². The van der Waals surface area contributed by atoms with E-state index in [2.05, 4.69) is 56.1 Å². The Kier molecular flexibility index (Phi) is 4.81. The van der Waals surface area contributed by atoms with Crippen molar-refractivity contribution in [2.24, 2.45) is 0 Å². The summed E-state index contributed by atoms with van der Waals surface area (Å²) in [5, 5.41) is 4.15. The molecule has 0 radical (unpaired) electrons. The van der Waals surface area contributed by atoms with Crippen molar-refractivity contribution in [3.8, 4) is 0 Å². The highest BCUT2D eigenvalue weighted by Crippen LogP contribution is 2.42. The van der Waals surface area contributed by atoms with E-state index in [0.29, 0.717) is 0 Å². The number of hydrogen-bond acceptors (Lipinski definition) is 4. The molecule has 2 aromatic carbocycles. The van der Waals surface area contributed by atoms with E-state index in [1.165, 1.54) is 0 Å². The van der Waals surface area contributed by atoms with E-state index in [1.54, 1.807) is 21.6 Å². The molecule has 0 spiro atoms. The van der Waals surface area contributed by atoms with Gasteiger partial charge in [0.15, 0.2) is 0 Å². The van der Waals surface area contributed by atoms with Gasteiger partial charge in [0, 0.05) is 10.8 Å². The maximum atomic E-state index is 4.73. The largest absolute Gasteiger partial charge is 0.239 e. The van der Waals surface area contributed by atoms with Crippen molar-refractivity contribution >= 4 is 75.3 Å². The molecule has 0 aliphatic rings. The van der Waals surface area contributed by atoms with E-state index >= 15 is 0 Å². The summed E-state index contributed by atoms with van der Waals surface area (Å²) in [6.45, 7) is 0. The fourth-order valence-corrected chi connectivity index (χ4v) is 6.08. The number of fused-ring (bicyclic) bond motifs is 2. The quantitative estimate of drug-likeness (QED) is 0.293. The Morgan fingerprint density at radius 2 is 1.04 bits per heavy atom. The van der Waals surface area contributed by atoms with Crippen LogP contribution in [-0.2, 0) is 0 Å². The summed E-state index contributed by atoms with van der Waals surface area (Å²) < 4.78 is 1.99. The minimum atomic E-state index is 0.945. The molecule has 0 atom stereocenters. The zero-order chi connectivity index (χ0) is 16.5. The highest BCUT2D eigenvalue weighted by molar-refractivity contribution is 9.11. The van der Waals surface area contributed by atoms with Gasteiger partial charge in [-0.2, -0.15) is 0 Å². The van der Waals surface area contributed by atoms with Crippen molar-refractivity contribution in [2.75, 3.05) is 0 Å². The lowest BCUT2D eigenvalue weighted by atomic mass is 10.2. The average Bonchev–Trinajstić information content (AvgIpc) is 2.60. The minimum absolute atomic E-state index is 0.945. The molecule has 4 rings (SSSR count). The molecular formula is C18H10Br2N2S2. The summed E-state index contributed by atoms with van der Waals surface area (Å²) in [7, 11) is 3.21. The molecule has 2 nitrogen and oxygen atoms in total. The molecule has 0 aliphatic heterocycles. The van der Waals surface area contributed by atoms with E-state index < -0.39 is 0 Å². The molecule has 6 heteroatoms. The number of rotatable bonds is 3. The number of benzene rings is 2. The van der Waals surface area contributed by atoms with Gasteiger partial charge in [0.25, 0.3) is 0 Å².